The summed E-state index contributed by atoms with van der Waals surface area (Å²) in [4.78, 5) is 10.4. The van der Waals surface area contributed by atoms with Crippen molar-refractivity contribution in [2.45, 2.75) is 12.8 Å². The second kappa shape index (κ2) is 4.65. The van der Waals surface area contributed by atoms with E-state index >= 15 is 0 Å². The van der Waals surface area contributed by atoms with Gasteiger partial charge in [0.05, 0.1) is 23.3 Å². The van der Waals surface area contributed by atoms with Gasteiger partial charge in [-0.1, -0.05) is 11.6 Å². The fraction of sp³-hybridized carbons (Fsp3) is 0.500. The Kier molecular flexibility index (Phi) is 3.24. The van der Waals surface area contributed by atoms with Crippen molar-refractivity contribution in [1.29, 1.82) is 5.41 Å². The number of aromatic nitrogens is 2. The molecule has 0 spiro atoms. The van der Waals surface area contributed by atoms with Crippen LogP contribution in [0.2, 0.25) is 5.02 Å². The van der Waals surface area contributed by atoms with Gasteiger partial charge in [-0.15, -0.1) is 0 Å². The molecule has 1 aliphatic rings. The van der Waals surface area contributed by atoms with Crippen LogP contribution in [-0.4, -0.2) is 28.9 Å². The standard InChI is InChI=1S/C10H14ClN5/c11-8-4-14-10(15-5-8)16-3-1-2-7(6-16)9(12)13/h4-5,7H,1-3,6H2,(H3,12,13). The molecule has 1 saturated heterocycles. The molecule has 6 heteroatoms. The third kappa shape index (κ3) is 2.41. The van der Waals surface area contributed by atoms with Gasteiger partial charge in [-0.2, -0.15) is 0 Å². The van der Waals surface area contributed by atoms with E-state index in [9.17, 15) is 0 Å². The second-order valence-electron chi connectivity index (χ2n) is 3.94. The van der Waals surface area contributed by atoms with Crippen LogP contribution in [0.5, 0.6) is 0 Å². The van der Waals surface area contributed by atoms with E-state index in [0.29, 0.717) is 11.0 Å². The highest BCUT2D eigenvalue weighted by Gasteiger charge is 2.23. The number of anilines is 1. The molecular weight excluding hydrogens is 226 g/mol. The molecule has 2 rings (SSSR count). The van der Waals surface area contributed by atoms with Gasteiger partial charge in [-0.3, -0.25) is 5.41 Å². The van der Waals surface area contributed by atoms with Crippen molar-refractivity contribution in [2.75, 3.05) is 18.0 Å². The van der Waals surface area contributed by atoms with Gasteiger partial charge in [0, 0.05) is 19.0 Å². The zero-order valence-corrected chi connectivity index (χ0v) is 9.61. The van der Waals surface area contributed by atoms with Crippen LogP contribution in [0, 0.1) is 11.3 Å². The molecule has 3 N–H and O–H groups in total. The minimum Gasteiger partial charge on any atom is -0.387 e. The van der Waals surface area contributed by atoms with E-state index in [2.05, 4.69) is 9.97 Å². The van der Waals surface area contributed by atoms with Gasteiger partial charge < -0.3 is 10.6 Å². The predicted molar refractivity (Wildman–Crippen MR) is 63.9 cm³/mol. The number of nitrogens with one attached hydrogen (secondary N) is 1. The summed E-state index contributed by atoms with van der Waals surface area (Å²) in [5.74, 6) is 1.03. The first-order valence-electron chi connectivity index (χ1n) is 5.23. The van der Waals surface area contributed by atoms with E-state index in [1.165, 1.54) is 0 Å². The van der Waals surface area contributed by atoms with Crippen LogP contribution in [-0.2, 0) is 0 Å². The minimum atomic E-state index is 0.119. The fourth-order valence-corrected chi connectivity index (χ4v) is 1.98. The zero-order valence-electron chi connectivity index (χ0n) is 8.86. The molecular formula is C10H14ClN5. The van der Waals surface area contributed by atoms with Gasteiger partial charge in [0.15, 0.2) is 0 Å². The second-order valence-corrected chi connectivity index (χ2v) is 4.38. The van der Waals surface area contributed by atoms with E-state index in [0.717, 1.165) is 25.9 Å². The van der Waals surface area contributed by atoms with Crippen molar-refractivity contribution in [3.05, 3.63) is 17.4 Å². The lowest BCUT2D eigenvalue weighted by Crippen LogP contribution is -2.41. The van der Waals surface area contributed by atoms with Crippen LogP contribution in [0.25, 0.3) is 0 Å². The van der Waals surface area contributed by atoms with Crippen LogP contribution < -0.4 is 10.6 Å². The Morgan fingerprint density at radius 1 is 1.50 bits per heavy atom. The fourth-order valence-electron chi connectivity index (χ4n) is 1.88. The first-order chi connectivity index (χ1) is 7.66. The van der Waals surface area contributed by atoms with Crippen molar-refractivity contribution in [1.82, 2.24) is 9.97 Å². The highest BCUT2D eigenvalue weighted by atomic mass is 35.5. The summed E-state index contributed by atoms with van der Waals surface area (Å²) in [7, 11) is 0. The largest absolute Gasteiger partial charge is 0.387 e. The Bertz CT molecular complexity index is 377. The minimum absolute atomic E-state index is 0.119. The highest BCUT2D eigenvalue weighted by molar-refractivity contribution is 6.30. The summed E-state index contributed by atoms with van der Waals surface area (Å²) in [6.07, 6.45) is 5.15. The summed E-state index contributed by atoms with van der Waals surface area (Å²) >= 11 is 5.73. The summed E-state index contributed by atoms with van der Waals surface area (Å²) < 4.78 is 0. The van der Waals surface area contributed by atoms with Crippen molar-refractivity contribution in [2.24, 2.45) is 11.7 Å². The molecule has 0 radical (unpaired) electrons. The van der Waals surface area contributed by atoms with Crippen molar-refractivity contribution >= 4 is 23.4 Å². The van der Waals surface area contributed by atoms with Gasteiger partial charge in [0.1, 0.15) is 0 Å². The smallest absolute Gasteiger partial charge is 0.225 e. The maximum atomic E-state index is 7.46. The molecule has 86 valence electrons. The van der Waals surface area contributed by atoms with E-state index in [1.807, 2.05) is 4.90 Å². The number of hydrogen-bond donors (Lipinski definition) is 2. The first kappa shape index (κ1) is 11.1. The first-order valence-corrected chi connectivity index (χ1v) is 5.61. The number of nitrogens with two attached hydrogens (primary N) is 1. The van der Waals surface area contributed by atoms with E-state index in [1.54, 1.807) is 12.4 Å². The Labute approximate surface area is 99.1 Å². The molecule has 0 aromatic carbocycles. The highest BCUT2D eigenvalue weighted by Crippen LogP contribution is 2.20. The van der Waals surface area contributed by atoms with Crippen LogP contribution in [0.3, 0.4) is 0 Å². The van der Waals surface area contributed by atoms with Crippen LogP contribution >= 0.6 is 11.6 Å². The Hall–Kier alpha value is -1.36. The SMILES string of the molecule is N=C(N)C1CCCN(c2ncc(Cl)cn2)C1. The number of amidine groups is 1. The molecule has 16 heavy (non-hydrogen) atoms. The molecule has 1 aromatic heterocycles. The zero-order chi connectivity index (χ0) is 11.5. The molecule has 0 bridgehead atoms. The predicted octanol–water partition coefficient (Wildman–Crippen LogP) is 1.28. The van der Waals surface area contributed by atoms with Crippen molar-refractivity contribution < 1.29 is 0 Å². The lowest BCUT2D eigenvalue weighted by molar-refractivity contribution is 0.496. The number of piperidine rings is 1. The number of halogens is 1. The van der Waals surface area contributed by atoms with Gasteiger partial charge in [-0.05, 0) is 12.8 Å². The summed E-state index contributed by atoms with van der Waals surface area (Å²) in [6.45, 7) is 1.63. The summed E-state index contributed by atoms with van der Waals surface area (Å²) in [6, 6.07) is 0. The molecule has 1 fully saturated rings. The van der Waals surface area contributed by atoms with E-state index in [-0.39, 0.29) is 11.8 Å². The molecule has 1 atom stereocenters. The molecule has 0 amide bonds. The Morgan fingerprint density at radius 2 is 2.19 bits per heavy atom. The molecule has 5 nitrogen and oxygen atoms in total. The van der Waals surface area contributed by atoms with Gasteiger partial charge >= 0.3 is 0 Å². The summed E-state index contributed by atoms with van der Waals surface area (Å²) in [5.41, 5.74) is 5.53. The van der Waals surface area contributed by atoms with Gasteiger partial charge in [-0.25, -0.2) is 9.97 Å². The molecule has 2 heterocycles. The molecule has 0 saturated carbocycles. The Balaban J connectivity index is 2.09. The monoisotopic (exact) mass is 239 g/mol. The van der Waals surface area contributed by atoms with Crippen LogP contribution in [0.15, 0.2) is 12.4 Å². The maximum absolute atomic E-state index is 7.46. The van der Waals surface area contributed by atoms with Gasteiger partial charge in [0.25, 0.3) is 0 Å². The molecule has 0 aliphatic carbocycles. The molecule has 1 aromatic rings. The topological polar surface area (TPSA) is 78.9 Å². The quantitative estimate of drug-likeness (QED) is 0.602. The van der Waals surface area contributed by atoms with Gasteiger partial charge in [0.2, 0.25) is 5.95 Å². The summed E-state index contributed by atoms with van der Waals surface area (Å²) in [5, 5.41) is 8.00. The average Bonchev–Trinajstić information content (AvgIpc) is 2.30. The maximum Gasteiger partial charge on any atom is 0.225 e. The normalized spacial score (nSPS) is 20.8. The number of nitrogens with zero attached hydrogens (tertiary/aromatic N) is 3. The van der Waals surface area contributed by atoms with E-state index < -0.39 is 0 Å². The van der Waals surface area contributed by atoms with Crippen molar-refractivity contribution in [3.8, 4) is 0 Å². The number of rotatable bonds is 2. The molecule has 1 unspecified atom stereocenters. The van der Waals surface area contributed by atoms with Crippen LogP contribution in [0.1, 0.15) is 12.8 Å². The average molecular weight is 240 g/mol. The Morgan fingerprint density at radius 3 is 2.81 bits per heavy atom. The van der Waals surface area contributed by atoms with Crippen LogP contribution in [0.4, 0.5) is 5.95 Å². The third-order valence-corrected chi connectivity index (χ3v) is 2.95. The lowest BCUT2D eigenvalue weighted by Gasteiger charge is -2.31. The molecule has 1 aliphatic heterocycles. The lowest BCUT2D eigenvalue weighted by atomic mass is 9.97. The van der Waals surface area contributed by atoms with Crippen molar-refractivity contribution in [3.63, 3.8) is 0 Å². The third-order valence-electron chi connectivity index (χ3n) is 2.75. The number of hydrogen-bond acceptors (Lipinski definition) is 4. The van der Waals surface area contributed by atoms with E-state index in [4.69, 9.17) is 22.7 Å².